The molecule has 0 heterocycles. The summed E-state index contributed by atoms with van der Waals surface area (Å²) in [7, 11) is -1.47. The van der Waals surface area contributed by atoms with E-state index in [-0.39, 0.29) is 24.8 Å². The molecular weight excluding hydrogens is 647 g/mol. The predicted octanol–water partition coefficient (Wildman–Crippen LogP) is 3.12. The van der Waals surface area contributed by atoms with Crippen LogP contribution in [0.25, 0.3) is 11.1 Å². The Hall–Kier alpha value is -2.09. The van der Waals surface area contributed by atoms with Crippen LogP contribution in [0.15, 0.2) is 111 Å². The summed E-state index contributed by atoms with van der Waals surface area (Å²) in [4.78, 5) is 0. The molecule has 1 atom stereocenters. The zero-order valence-electron chi connectivity index (χ0n) is 25.8. The van der Waals surface area contributed by atoms with Gasteiger partial charge < -0.3 is 24.8 Å². The Labute approximate surface area is 274 Å². The van der Waals surface area contributed by atoms with Crippen LogP contribution >= 0.6 is 0 Å². The summed E-state index contributed by atoms with van der Waals surface area (Å²) in [6.07, 6.45) is 3.70. The van der Waals surface area contributed by atoms with Gasteiger partial charge in [-0.2, -0.15) is 0 Å². The van der Waals surface area contributed by atoms with E-state index in [1.807, 2.05) is 0 Å². The molecule has 0 aromatic heterocycles. The van der Waals surface area contributed by atoms with E-state index in [1.54, 1.807) is 26.1 Å². The van der Waals surface area contributed by atoms with Crippen LogP contribution < -0.4 is 28.1 Å². The van der Waals surface area contributed by atoms with Crippen molar-refractivity contribution in [1.82, 2.24) is 0 Å². The Bertz CT molecular complexity index is 1670. The molecule has 0 fully saturated rings. The van der Waals surface area contributed by atoms with Crippen molar-refractivity contribution in [1.29, 1.82) is 0 Å². The van der Waals surface area contributed by atoms with Crippen molar-refractivity contribution in [2.75, 3.05) is 0 Å². The van der Waals surface area contributed by atoms with Gasteiger partial charge in [-0.15, -0.1) is 0 Å². The number of halogens is 2. The summed E-state index contributed by atoms with van der Waals surface area (Å²) in [5, 5.41) is 1.68. The number of benzene rings is 4. The second kappa shape index (κ2) is 12.9. The summed E-state index contributed by atoms with van der Waals surface area (Å²) in [6.45, 7) is 16.9. The quantitative estimate of drug-likeness (QED) is 0.250. The third-order valence-electron chi connectivity index (χ3n) is 8.81. The molecule has 42 heavy (non-hydrogen) atoms. The summed E-state index contributed by atoms with van der Waals surface area (Å²) >= 11 is -2.74. The first-order chi connectivity index (χ1) is 19.1. The molecule has 0 amide bonds. The van der Waals surface area contributed by atoms with E-state index in [9.17, 15) is 0 Å². The molecule has 6 rings (SSSR count). The Balaban J connectivity index is 0.00000202. The van der Waals surface area contributed by atoms with Crippen molar-refractivity contribution in [2.45, 2.75) is 53.8 Å². The van der Waals surface area contributed by atoms with Crippen LogP contribution in [0.4, 0.5) is 0 Å². The number of hydrogen-bond donors (Lipinski definition) is 0. The van der Waals surface area contributed by atoms with Gasteiger partial charge in [-0.05, 0) is 0 Å². The van der Waals surface area contributed by atoms with Gasteiger partial charge in [-0.25, -0.2) is 0 Å². The van der Waals surface area contributed by atoms with Crippen LogP contribution in [0, 0.1) is 19.8 Å². The average molecular weight is 687 g/mol. The molecule has 0 saturated carbocycles. The van der Waals surface area contributed by atoms with Gasteiger partial charge in [-0.1, -0.05) is 0 Å². The molecule has 4 heteroatoms. The van der Waals surface area contributed by atoms with E-state index < -0.39 is 29.3 Å². The molecule has 0 aliphatic heterocycles. The molecule has 4 aromatic carbocycles. The van der Waals surface area contributed by atoms with E-state index in [1.165, 1.54) is 38.9 Å². The second-order valence-corrected chi connectivity index (χ2v) is 23.6. The maximum atomic E-state index is 2.65. The fourth-order valence-corrected chi connectivity index (χ4v) is 18.0. The molecule has 0 spiro atoms. The Morgan fingerprint density at radius 2 is 1.24 bits per heavy atom. The van der Waals surface area contributed by atoms with Crippen molar-refractivity contribution >= 4 is 14.6 Å². The minimum atomic E-state index is -2.74. The standard InChI is InChI=1S/C15H14.C13H9.C10H17Si.2ClH.Zr/c1-12-3-7-14(8-4-12)11-15-9-5-13(2)6-10-15;1-3-7-12-10(5-1)9-11-6-2-4-8-13(11)12;1-8-6-9(2)10(7-8)11(3,4)5;;;/h3-10H,1-2H3;1-5,7-8H,9H2;7-8H,1-5H3;2*1H;/q;;;;;+2/p-2. The van der Waals surface area contributed by atoms with Gasteiger partial charge in [0.2, 0.25) is 0 Å². The topological polar surface area (TPSA) is 0 Å². The molecule has 2 aliphatic rings. The fourth-order valence-electron chi connectivity index (χ4n) is 6.87. The summed E-state index contributed by atoms with van der Waals surface area (Å²) in [5.74, 6) is 0.488. The third kappa shape index (κ3) is 5.98. The molecule has 0 nitrogen and oxygen atoms in total. The monoisotopic (exact) mass is 684 g/mol. The molecule has 214 valence electrons. The zero-order valence-corrected chi connectivity index (χ0v) is 30.7. The number of rotatable bonds is 5. The number of aryl methyl sites for hydroxylation is 2. The summed E-state index contributed by atoms with van der Waals surface area (Å²) in [5.41, 5.74) is 13.0. The molecular formula is C38H40Cl2SiZr. The van der Waals surface area contributed by atoms with E-state index in [0.29, 0.717) is 5.92 Å². The largest absolute Gasteiger partial charge is 1.00 e. The number of fused-ring (bicyclic) bond motifs is 3. The smallest absolute Gasteiger partial charge is 1.00 e. The van der Waals surface area contributed by atoms with Crippen LogP contribution in [0.5, 0.6) is 0 Å². The Morgan fingerprint density at radius 3 is 1.79 bits per heavy atom. The normalized spacial score (nSPS) is 15.1. The first kappa shape index (κ1) is 32.8. The summed E-state index contributed by atoms with van der Waals surface area (Å²) in [6, 6.07) is 35.1. The Kier molecular flexibility index (Phi) is 10.1. The van der Waals surface area contributed by atoms with Crippen molar-refractivity contribution in [3.05, 3.63) is 145 Å². The molecule has 0 radical (unpaired) electrons. The molecule has 2 aliphatic carbocycles. The second-order valence-electron chi connectivity index (χ2n) is 12.8. The van der Waals surface area contributed by atoms with Crippen LogP contribution in [0.1, 0.15) is 47.2 Å². The van der Waals surface area contributed by atoms with E-state index in [4.69, 9.17) is 0 Å². The van der Waals surface area contributed by atoms with E-state index in [2.05, 4.69) is 144 Å². The predicted molar refractivity (Wildman–Crippen MR) is 173 cm³/mol. The van der Waals surface area contributed by atoms with E-state index in [0.717, 1.165) is 6.42 Å². The van der Waals surface area contributed by atoms with Crippen molar-refractivity contribution in [2.24, 2.45) is 5.92 Å². The van der Waals surface area contributed by atoms with Crippen LogP contribution in [0.3, 0.4) is 0 Å². The SMILES string of the molecule is CC1=[C]([Zr+2](=[C](c2ccc(C)cc2)c2ccc(C)cc2)[c]2cccc3c2Cc2ccccc2-3)C(C)C=C1[Si](C)(C)C.[Cl-].[Cl-]. The van der Waals surface area contributed by atoms with Gasteiger partial charge in [-0.3, -0.25) is 0 Å². The van der Waals surface area contributed by atoms with Gasteiger partial charge in [0.25, 0.3) is 0 Å². The van der Waals surface area contributed by atoms with Gasteiger partial charge >= 0.3 is 251 Å². The molecule has 0 saturated heterocycles. The maximum absolute atomic E-state index is 2.74. The maximum Gasteiger partial charge on any atom is -1.00 e. The zero-order chi connectivity index (χ0) is 28.2. The molecule has 0 N–H and O–H groups in total. The van der Waals surface area contributed by atoms with Crippen molar-refractivity contribution in [3.8, 4) is 11.1 Å². The fraction of sp³-hybridized carbons (Fsp3) is 0.237. The van der Waals surface area contributed by atoms with Gasteiger partial charge in [0.15, 0.2) is 0 Å². The first-order valence-corrected chi connectivity index (χ1v) is 21.8. The number of hydrogen-bond acceptors (Lipinski definition) is 0. The van der Waals surface area contributed by atoms with Crippen LogP contribution in [-0.4, -0.2) is 11.3 Å². The van der Waals surface area contributed by atoms with Crippen molar-refractivity contribution in [3.63, 3.8) is 0 Å². The molecule has 4 aromatic rings. The molecule has 1 unspecified atom stereocenters. The van der Waals surface area contributed by atoms with Crippen LogP contribution in [0.2, 0.25) is 19.6 Å². The first-order valence-electron chi connectivity index (χ1n) is 14.7. The minimum absolute atomic E-state index is 0. The summed E-state index contributed by atoms with van der Waals surface area (Å²) < 4.78 is 5.07. The van der Waals surface area contributed by atoms with Gasteiger partial charge in [0.05, 0.1) is 0 Å². The molecule has 0 bridgehead atoms. The van der Waals surface area contributed by atoms with Crippen LogP contribution in [-0.2, 0) is 27.7 Å². The number of allylic oxidation sites excluding steroid dienone is 4. The van der Waals surface area contributed by atoms with Crippen molar-refractivity contribution < 1.29 is 46.1 Å². The van der Waals surface area contributed by atoms with E-state index >= 15 is 0 Å². The average Bonchev–Trinajstić information content (AvgIpc) is 3.46. The third-order valence-corrected chi connectivity index (χ3v) is 19.5. The minimum Gasteiger partial charge on any atom is -1.00 e. The van der Waals surface area contributed by atoms with Gasteiger partial charge in [0, 0.05) is 0 Å². The van der Waals surface area contributed by atoms with Gasteiger partial charge in [0.1, 0.15) is 0 Å². The Morgan fingerprint density at radius 1 is 0.690 bits per heavy atom.